The zero-order chi connectivity index (χ0) is 15.7. The first-order valence-corrected chi connectivity index (χ1v) is 8.65. The lowest BCUT2D eigenvalue weighted by molar-refractivity contribution is -0.0328. The van der Waals surface area contributed by atoms with E-state index in [2.05, 4.69) is 5.32 Å². The lowest BCUT2D eigenvalue weighted by Crippen LogP contribution is -2.35. The number of hydrogen-bond donors (Lipinski definition) is 1. The Bertz CT molecular complexity index is 626. The van der Waals surface area contributed by atoms with Gasteiger partial charge in [-0.25, -0.2) is 8.42 Å². The second kappa shape index (κ2) is 5.88. The molecule has 1 aromatic carbocycles. The minimum absolute atomic E-state index is 0.0116. The molecular formula is C12H12F3NO3S2. The van der Waals surface area contributed by atoms with Gasteiger partial charge in [-0.3, -0.25) is 4.79 Å². The molecule has 1 atom stereocenters. The molecule has 21 heavy (non-hydrogen) atoms. The normalized spacial score (nSPS) is 21.2. The first-order chi connectivity index (χ1) is 9.65. The highest BCUT2D eigenvalue weighted by molar-refractivity contribution is 8.00. The number of carbonyl (C=O) groups is 1. The van der Waals surface area contributed by atoms with Crippen LogP contribution in [0.4, 0.5) is 13.2 Å². The summed E-state index contributed by atoms with van der Waals surface area (Å²) < 4.78 is 59.1. The van der Waals surface area contributed by atoms with Crippen LogP contribution in [0.1, 0.15) is 16.8 Å². The van der Waals surface area contributed by atoms with E-state index in [1.54, 1.807) is 0 Å². The van der Waals surface area contributed by atoms with Crippen molar-refractivity contribution in [3.05, 3.63) is 29.8 Å². The summed E-state index contributed by atoms with van der Waals surface area (Å²) in [5.74, 6) is -0.541. The van der Waals surface area contributed by atoms with E-state index in [0.717, 1.165) is 0 Å². The van der Waals surface area contributed by atoms with Crippen molar-refractivity contribution in [2.45, 2.75) is 22.9 Å². The standard InChI is InChI=1S/C12H12F3NO3S2/c13-12(14,15)20-10-3-1-8(2-4-10)11(17)16-9-5-6-21(18,19)7-9/h1-4,9H,5-7H2,(H,16,17)/t9-/m1/s1. The maximum atomic E-state index is 12.2. The summed E-state index contributed by atoms with van der Waals surface area (Å²) >= 11 is -0.257. The first kappa shape index (κ1) is 16.2. The Labute approximate surface area is 124 Å². The number of halogens is 3. The van der Waals surface area contributed by atoms with E-state index in [1.807, 2.05) is 0 Å². The molecule has 0 spiro atoms. The van der Waals surface area contributed by atoms with Gasteiger partial charge in [0.15, 0.2) is 9.84 Å². The molecule has 0 bridgehead atoms. The largest absolute Gasteiger partial charge is 0.446 e. The van der Waals surface area contributed by atoms with Crippen LogP contribution in [0.3, 0.4) is 0 Å². The van der Waals surface area contributed by atoms with E-state index >= 15 is 0 Å². The molecule has 0 unspecified atom stereocenters. The van der Waals surface area contributed by atoms with Crippen LogP contribution >= 0.6 is 11.8 Å². The lowest BCUT2D eigenvalue weighted by Gasteiger charge is -2.11. The van der Waals surface area contributed by atoms with Gasteiger partial charge in [0.1, 0.15) is 0 Å². The van der Waals surface area contributed by atoms with Crippen molar-refractivity contribution in [1.82, 2.24) is 5.32 Å². The number of sulfone groups is 1. The fraction of sp³-hybridized carbons (Fsp3) is 0.417. The fourth-order valence-corrected chi connectivity index (χ4v) is 4.20. The molecule has 1 aliphatic heterocycles. The van der Waals surface area contributed by atoms with Crippen LogP contribution in [0.2, 0.25) is 0 Å². The Kier molecular flexibility index (Phi) is 4.52. The highest BCUT2D eigenvalue weighted by atomic mass is 32.2. The number of rotatable bonds is 3. The summed E-state index contributed by atoms with van der Waals surface area (Å²) in [6, 6.07) is 4.54. The number of nitrogens with one attached hydrogen (secondary N) is 1. The van der Waals surface area contributed by atoms with Gasteiger partial charge in [-0.15, -0.1) is 0 Å². The van der Waals surface area contributed by atoms with Crippen LogP contribution in [-0.4, -0.2) is 37.4 Å². The van der Waals surface area contributed by atoms with E-state index < -0.39 is 27.3 Å². The van der Waals surface area contributed by atoms with Crippen LogP contribution in [0.25, 0.3) is 0 Å². The monoisotopic (exact) mass is 339 g/mol. The molecule has 1 amide bonds. The topological polar surface area (TPSA) is 63.2 Å². The molecule has 2 rings (SSSR count). The van der Waals surface area contributed by atoms with Gasteiger partial charge in [0.2, 0.25) is 0 Å². The van der Waals surface area contributed by atoms with E-state index in [9.17, 15) is 26.4 Å². The average molecular weight is 339 g/mol. The molecule has 1 saturated heterocycles. The molecule has 1 heterocycles. The molecule has 4 nitrogen and oxygen atoms in total. The minimum atomic E-state index is -4.37. The van der Waals surface area contributed by atoms with Gasteiger partial charge in [-0.05, 0) is 42.4 Å². The number of amides is 1. The Morgan fingerprint density at radius 3 is 2.33 bits per heavy atom. The van der Waals surface area contributed by atoms with Crippen molar-refractivity contribution in [2.24, 2.45) is 0 Å². The van der Waals surface area contributed by atoms with Gasteiger partial charge in [0.25, 0.3) is 5.91 Å². The summed E-state index contributed by atoms with van der Waals surface area (Å²) in [6.45, 7) is 0. The number of alkyl halides is 3. The number of carbonyl (C=O) groups excluding carboxylic acids is 1. The summed E-state index contributed by atoms with van der Waals surface area (Å²) in [5, 5.41) is 2.57. The zero-order valence-corrected chi connectivity index (χ0v) is 12.3. The van der Waals surface area contributed by atoms with E-state index in [0.29, 0.717) is 6.42 Å². The van der Waals surface area contributed by atoms with Crippen LogP contribution < -0.4 is 5.32 Å². The molecule has 1 fully saturated rings. The van der Waals surface area contributed by atoms with Gasteiger partial charge >= 0.3 is 5.51 Å². The SMILES string of the molecule is O=C(N[C@@H]1CCS(=O)(=O)C1)c1ccc(SC(F)(F)F)cc1. The van der Waals surface area contributed by atoms with Crippen molar-refractivity contribution in [2.75, 3.05) is 11.5 Å². The molecular weight excluding hydrogens is 327 g/mol. The highest BCUT2D eigenvalue weighted by Gasteiger charge is 2.30. The highest BCUT2D eigenvalue weighted by Crippen LogP contribution is 2.36. The molecule has 1 aliphatic rings. The maximum absolute atomic E-state index is 12.2. The van der Waals surface area contributed by atoms with Crippen molar-refractivity contribution in [1.29, 1.82) is 0 Å². The minimum Gasteiger partial charge on any atom is -0.348 e. The van der Waals surface area contributed by atoms with E-state index in [-0.39, 0.29) is 33.7 Å². The second-order valence-electron chi connectivity index (χ2n) is 4.65. The first-order valence-electron chi connectivity index (χ1n) is 6.02. The molecule has 1 N–H and O–H groups in total. The fourth-order valence-electron chi connectivity index (χ4n) is 1.99. The van der Waals surface area contributed by atoms with Crippen molar-refractivity contribution in [3.8, 4) is 0 Å². The third-order valence-corrected chi connectivity index (χ3v) is 5.43. The predicted octanol–water partition coefficient (Wildman–Crippen LogP) is 2.22. The lowest BCUT2D eigenvalue weighted by atomic mass is 10.2. The Morgan fingerprint density at radius 2 is 1.86 bits per heavy atom. The third-order valence-electron chi connectivity index (χ3n) is 2.92. The van der Waals surface area contributed by atoms with Crippen LogP contribution in [-0.2, 0) is 9.84 Å². The smallest absolute Gasteiger partial charge is 0.348 e. The summed E-state index contributed by atoms with van der Waals surface area (Å²) in [4.78, 5) is 11.9. The molecule has 0 saturated carbocycles. The van der Waals surface area contributed by atoms with Gasteiger partial charge in [0.05, 0.1) is 11.5 Å². The zero-order valence-electron chi connectivity index (χ0n) is 10.7. The quantitative estimate of drug-likeness (QED) is 0.858. The Hall–Kier alpha value is -1.22. The Morgan fingerprint density at radius 1 is 1.24 bits per heavy atom. The van der Waals surface area contributed by atoms with Gasteiger partial charge < -0.3 is 5.32 Å². The van der Waals surface area contributed by atoms with Gasteiger partial charge in [-0.2, -0.15) is 13.2 Å². The molecule has 0 radical (unpaired) electrons. The molecule has 9 heteroatoms. The number of hydrogen-bond acceptors (Lipinski definition) is 4. The third kappa shape index (κ3) is 4.92. The van der Waals surface area contributed by atoms with Crippen molar-refractivity contribution < 1.29 is 26.4 Å². The van der Waals surface area contributed by atoms with Crippen molar-refractivity contribution in [3.63, 3.8) is 0 Å². The summed E-state index contributed by atoms with van der Waals surface area (Å²) in [6.07, 6.45) is 0.357. The Balaban J connectivity index is 1.97. The molecule has 0 aliphatic carbocycles. The number of benzene rings is 1. The summed E-state index contributed by atoms with van der Waals surface area (Å²) in [7, 11) is -3.09. The number of thioether (sulfide) groups is 1. The maximum Gasteiger partial charge on any atom is 0.446 e. The van der Waals surface area contributed by atoms with Crippen LogP contribution in [0.5, 0.6) is 0 Å². The molecule has 1 aromatic rings. The van der Waals surface area contributed by atoms with Gasteiger partial charge in [0, 0.05) is 16.5 Å². The summed E-state index contributed by atoms with van der Waals surface area (Å²) in [5.41, 5.74) is -4.17. The average Bonchev–Trinajstić information content (AvgIpc) is 2.67. The molecule has 0 aromatic heterocycles. The predicted molar refractivity (Wildman–Crippen MR) is 72.9 cm³/mol. The van der Waals surface area contributed by atoms with Crippen molar-refractivity contribution >= 4 is 27.5 Å². The molecule has 116 valence electrons. The van der Waals surface area contributed by atoms with Gasteiger partial charge in [-0.1, -0.05) is 0 Å². The van der Waals surface area contributed by atoms with E-state index in [4.69, 9.17) is 0 Å². The van der Waals surface area contributed by atoms with E-state index in [1.165, 1.54) is 24.3 Å². The second-order valence-corrected chi connectivity index (χ2v) is 8.01. The van der Waals surface area contributed by atoms with Crippen LogP contribution in [0.15, 0.2) is 29.2 Å². The van der Waals surface area contributed by atoms with Crippen LogP contribution in [0, 0.1) is 0 Å².